The molecule has 3 aromatic rings. The number of nitriles is 1. The monoisotopic (exact) mass is 695 g/mol. The van der Waals surface area contributed by atoms with Crippen LogP contribution < -0.4 is 14.8 Å². The summed E-state index contributed by atoms with van der Waals surface area (Å²) in [4.78, 5) is 11.6. The van der Waals surface area contributed by atoms with Crippen LogP contribution in [-0.2, 0) is 9.47 Å². The molecular weight excluding hydrogens is 652 g/mol. The predicted molar refractivity (Wildman–Crippen MR) is 179 cm³/mol. The van der Waals surface area contributed by atoms with E-state index in [1.54, 1.807) is 37.5 Å². The molecule has 1 aliphatic carbocycles. The molecule has 268 valence electrons. The van der Waals surface area contributed by atoms with Gasteiger partial charge in [0.15, 0.2) is 0 Å². The summed E-state index contributed by atoms with van der Waals surface area (Å²) >= 11 is 0. The van der Waals surface area contributed by atoms with E-state index < -0.39 is 19.1 Å². The molecule has 1 aliphatic heterocycles. The van der Waals surface area contributed by atoms with Crippen LogP contribution in [0, 0.1) is 22.3 Å². The fourth-order valence-corrected chi connectivity index (χ4v) is 6.08. The molecule has 1 saturated heterocycles. The van der Waals surface area contributed by atoms with E-state index in [1.807, 2.05) is 10.9 Å². The van der Waals surface area contributed by atoms with E-state index in [-0.39, 0.29) is 25.8 Å². The Bertz CT molecular complexity index is 1560. The van der Waals surface area contributed by atoms with Crippen LogP contribution in [0.4, 0.5) is 20.4 Å². The summed E-state index contributed by atoms with van der Waals surface area (Å²) in [6.45, 7) is 5.20. The zero-order chi connectivity index (χ0) is 35.3. The fourth-order valence-electron chi connectivity index (χ4n) is 6.08. The highest BCUT2D eigenvalue weighted by molar-refractivity contribution is 5.67. The van der Waals surface area contributed by atoms with Gasteiger partial charge in [0.25, 0.3) is 12.3 Å². The summed E-state index contributed by atoms with van der Waals surface area (Å²) in [5, 5.41) is 29.3. The lowest BCUT2D eigenvalue weighted by atomic mass is 9.90. The Morgan fingerprint density at radius 2 is 1.88 bits per heavy atom. The van der Waals surface area contributed by atoms with E-state index in [0.717, 1.165) is 68.9 Å². The summed E-state index contributed by atoms with van der Waals surface area (Å²) in [6, 6.07) is 8.02. The number of hydrogen-bond donors (Lipinski definition) is 3. The molecule has 0 amide bonds. The summed E-state index contributed by atoms with van der Waals surface area (Å²) in [6.07, 6.45) is 7.67. The van der Waals surface area contributed by atoms with Crippen molar-refractivity contribution >= 4 is 18.0 Å². The van der Waals surface area contributed by atoms with Gasteiger partial charge in [-0.05, 0) is 50.3 Å². The van der Waals surface area contributed by atoms with Crippen molar-refractivity contribution in [2.24, 2.45) is 5.22 Å². The Hall–Kier alpha value is -4.79. The van der Waals surface area contributed by atoms with Crippen molar-refractivity contribution in [1.29, 1.82) is 16.2 Å². The second kappa shape index (κ2) is 18.3. The molecular formula is C33H43F2N11O4. The molecule has 0 spiro atoms. The van der Waals surface area contributed by atoms with Crippen LogP contribution in [0.15, 0.2) is 42.0 Å². The third-order valence-electron chi connectivity index (χ3n) is 8.60. The van der Waals surface area contributed by atoms with Gasteiger partial charge >= 0.3 is 0 Å². The first-order valence-corrected chi connectivity index (χ1v) is 16.7. The summed E-state index contributed by atoms with van der Waals surface area (Å²) < 4.78 is 49.2. The molecule has 0 radical (unpaired) electrons. The largest absolute Gasteiger partial charge is 0.487 e. The lowest BCUT2D eigenvalue weighted by Crippen LogP contribution is -2.45. The van der Waals surface area contributed by atoms with E-state index >= 15 is 0 Å². The lowest BCUT2D eigenvalue weighted by molar-refractivity contribution is 0.00501. The number of nitrogens with one attached hydrogen (secondary N) is 3. The highest BCUT2D eigenvalue weighted by atomic mass is 19.3. The van der Waals surface area contributed by atoms with Gasteiger partial charge in [0.2, 0.25) is 5.95 Å². The number of rotatable bonds is 18. The van der Waals surface area contributed by atoms with Crippen molar-refractivity contribution in [2.45, 2.75) is 63.6 Å². The van der Waals surface area contributed by atoms with Gasteiger partial charge in [0.1, 0.15) is 36.6 Å². The standard InChI is InChI=1S/C33H43F2N11O4/c1-23(19-45(22-37)43-38)50-30-15-24(3-4-25(30)16-36)26-17-39-33(40-18-26)41-29-20-46(42-32(29)49-12-2-11-48-21-31(34)35)28-7-5-27(6-8-28)44-9-13-47-14-10-44/h3-4,15,17-18,20,22-23,27-28,31,37-38H,2,5-14,19,21H2,1H3,(H,39,40,41)/t23-,27?,28?/m0/s1. The number of alkyl halides is 2. The van der Waals surface area contributed by atoms with Crippen LogP contribution in [0.3, 0.4) is 0 Å². The number of halogens is 2. The number of ether oxygens (including phenoxy) is 4. The van der Waals surface area contributed by atoms with Gasteiger partial charge in [0.05, 0.1) is 50.8 Å². The molecule has 1 aromatic carbocycles. The number of anilines is 2. The van der Waals surface area contributed by atoms with Crippen LogP contribution in [0.25, 0.3) is 11.1 Å². The first-order chi connectivity index (χ1) is 24.4. The van der Waals surface area contributed by atoms with Crippen LogP contribution in [-0.4, -0.2) is 107 Å². The highest BCUT2D eigenvalue weighted by Crippen LogP contribution is 2.35. The van der Waals surface area contributed by atoms with Crippen LogP contribution in [0.2, 0.25) is 0 Å². The van der Waals surface area contributed by atoms with E-state index in [2.05, 4.69) is 31.5 Å². The van der Waals surface area contributed by atoms with Gasteiger partial charge in [-0.1, -0.05) is 11.3 Å². The van der Waals surface area contributed by atoms with E-state index in [9.17, 15) is 14.0 Å². The molecule has 3 N–H and O–H groups in total. The van der Waals surface area contributed by atoms with Crippen molar-refractivity contribution in [3.63, 3.8) is 0 Å². The Morgan fingerprint density at radius 3 is 2.56 bits per heavy atom. The van der Waals surface area contributed by atoms with Crippen molar-refractivity contribution in [1.82, 2.24) is 29.7 Å². The second-order valence-electron chi connectivity index (χ2n) is 12.1. The SMILES string of the molecule is C[C@@H](CN(C=N)N=N)Oc1cc(-c2cnc(Nc3cn(C4CCC(N5CCOCC5)CC4)nc3OCCCOCC(F)F)nc2)ccc1C#N. The first-order valence-electron chi connectivity index (χ1n) is 16.7. The molecule has 2 fully saturated rings. The molecule has 2 aliphatic rings. The Morgan fingerprint density at radius 1 is 1.14 bits per heavy atom. The zero-order valence-electron chi connectivity index (χ0n) is 28.0. The average molecular weight is 696 g/mol. The average Bonchev–Trinajstić information content (AvgIpc) is 3.54. The Kier molecular flexibility index (Phi) is 13.3. The maximum absolute atomic E-state index is 12.4. The molecule has 1 saturated carbocycles. The van der Waals surface area contributed by atoms with Crippen molar-refractivity contribution in [2.75, 3.05) is 58.0 Å². The third-order valence-corrected chi connectivity index (χ3v) is 8.60. The first kappa shape index (κ1) is 36.5. The van der Waals surface area contributed by atoms with Crippen LogP contribution >= 0.6 is 0 Å². The second-order valence-corrected chi connectivity index (χ2v) is 12.1. The van der Waals surface area contributed by atoms with Crippen molar-refractivity contribution in [3.05, 3.63) is 42.4 Å². The summed E-state index contributed by atoms with van der Waals surface area (Å²) in [7, 11) is 0. The topological polar surface area (TPSA) is 183 Å². The fraction of sp³-hybridized carbons (Fsp3) is 0.545. The maximum Gasteiger partial charge on any atom is 0.261 e. The molecule has 0 unspecified atom stereocenters. The normalized spacial score (nSPS) is 18.6. The number of hydrogen-bond acceptors (Lipinski definition) is 13. The minimum absolute atomic E-state index is 0.147. The number of nitrogens with zero attached hydrogens (tertiary/aromatic N) is 8. The minimum Gasteiger partial charge on any atom is -0.487 e. The van der Waals surface area contributed by atoms with E-state index in [4.69, 9.17) is 35.0 Å². The molecule has 5 rings (SSSR count). The van der Waals surface area contributed by atoms with Gasteiger partial charge in [-0.25, -0.2) is 23.8 Å². The summed E-state index contributed by atoms with van der Waals surface area (Å²) in [5.74, 6) is 1.03. The van der Waals surface area contributed by atoms with Gasteiger partial charge in [-0.2, -0.15) is 10.8 Å². The quantitative estimate of drug-likeness (QED) is 0.0506. The van der Waals surface area contributed by atoms with Gasteiger partial charge < -0.3 is 24.3 Å². The van der Waals surface area contributed by atoms with Crippen molar-refractivity contribution < 1.29 is 27.7 Å². The number of benzene rings is 1. The van der Waals surface area contributed by atoms with E-state index in [0.29, 0.717) is 46.9 Å². The minimum atomic E-state index is -2.51. The van der Waals surface area contributed by atoms with E-state index in [1.165, 1.54) is 0 Å². The number of morpholine rings is 1. The molecule has 17 heteroatoms. The smallest absolute Gasteiger partial charge is 0.261 e. The maximum atomic E-state index is 12.4. The summed E-state index contributed by atoms with van der Waals surface area (Å²) in [5.41, 5.74) is 9.48. The van der Waals surface area contributed by atoms with Gasteiger partial charge in [-0.3, -0.25) is 15.0 Å². The van der Waals surface area contributed by atoms with Gasteiger partial charge in [-0.15, -0.1) is 5.10 Å². The molecule has 1 atom stereocenters. The Labute approximate surface area is 289 Å². The molecule has 50 heavy (non-hydrogen) atoms. The highest BCUT2D eigenvalue weighted by Gasteiger charge is 2.29. The van der Waals surface area contributed by atoms with Crippen LogP contribution in [0.1, 0.15) is 50.6 Å². The predicted octanol–water partition coefficient (Wildman–Crippen LogP) is 5.44. The number of aromatic nitrogens is 4. The molecule has 15 nitrogen and oxygen atoms in total. The van der Waals surface area contributed by atoms with Crippen molar-refractivity contribution in [3.8, 4) is 28.8 Å². The molecule has 3 heterocycles. The molecule has 2 aromatic heterocycles. The zero-order valence-corrected chi connectivity index (χ0v) is 28.0. The van der Waals surface area contributed by atoms with Crippen LogP contribution in [0.5, 0.6) is 11.6 Å². The molecule has 0 bridgehead atoms. The third kappa shape index (κ3) is 10.1. The van der Waals surface area contributed by atoms with Gasteiger partial charge in [0, 0.05) is 43.5 Å². The Balaban J connectivity index is 1.26. The lowest BCUT2D eigenvalue weighted by Gasteiger charge is -2.38.